The first-order chi connectivity index (χ1) is 12.7. The molecule has 0 saturated carbocycles. The van der Waals surface area contributed by atoms with Gasteiger partial charge in [-0.25, -0.2) is 9.97 Å². The molecule has 2 aromatic rings. The van der Waals surface area contributed by atoms with Gasteiger partial charge in [0, 0.05) is 17.5 Å². The second-order valence-electron chi connectivity index (χ2n) is 6.66. The molecule has 27 heavy (non-hydrogen) atoms. The zero-order valence-electron chi connectivity index (χ0n) is 14.7. The average molecular weight is 376 g/mol. The Morgan fingerprint density at radius 2 is 1.89 bits per heavy atom. The molecule has 0 fully saturated rings. The monoisotopic (exact) mass is 376 g/mol. The number of carbonyl (C=O) groups excluding carboxylic acids is 1. The van der Waals surface area contributed by atoms with Crippen LogP contribution in [0.1, 0.15) is 34.6 Å². The summed E-state index contributed by atoms with van der Waals surface area (Å²) in [4.78, 5) is 23.9. The minimum atomic E-state index is -4.21. The lowest BCUT2D eigenvalue weighted by Gasteiger charge is -2.24. The Kier molecular flexibility index (Phi) is 5.25. The number of hydrogen-bond acceptors (Lipinski definition) is 4. The predicted molar refractivity (Wildman–Crippen MR) is 95.5 cm³/mol. The van der Waals surface area contributed by atoms with E-state index in [1.54, 1.807) is 6.92 Å². The molecule has 142 valence electrons. The highest BCUT2D eigenvalue weighted by atomic mass is 19.4. The fourth-order valence-corrected chi connectivity index (χ4v) is 3.04. The van der Waals surface area contributed by atoms with E-state index in [1.165, 1.54) is 6.07 Å². The molecule has 5 nitrogen and oxygen atoms in total. The summed E-state index contributed by atoms with van der Waals surface area (Å²) in [6.45, 7) is 1.75. The fourth-order valence-electron chi connectivity index (χ4n) is 3.04. The molecule has 1 amide bonds. The van der Waals surface area contributed by atoms with E-state index in [4.69, 9.17) is 5.73 Å². The van der Waals surface area contributed by atoms with E-state index < -0.39 is 18.0 Å². The highest BCUT2D eigenvalue weighted by molar-refractivity contribution is 5.91. The number of hydrogen-bond donors (Lipinski definition) is 1. The zero-order valence-corrected chi connectivity index (χ0v) is 14.7. The Balaban J connectivity index is 1.71. The normalized spacial score (nSPS) is 19.9. The Hall–Kier alpha value is -2.77. The van der Waals surface area contributed by atoms with Gasteiger partial charge in [0.05, 0.1) is 12.0 Å². The van der Waals surface area contributed by atoms with Crippen LogP contribution < -0.4 is 5.73 Å². The molecule has 8 heteroatoms. The summed E-state index contributed by atoms with van der Waals surface area (Å²) in [5, 5.41) is 0. The van der Waals surface area contributed by atoms with Gasteiger partial charge >= 0.3 is 6.18 Å². The molecule has 0 saturated heterocycles. The summed E-state index contributed by atoms with van der Waals surface area (Å²) >= 11 is 0. The van der Waals surface area contributed by atoms with Crippen LogP contribution in [0.4, 0.5) is 13.2 Å². The number of alkyl halides is 3. The fraction of sp³-hybridized carbons (Fsp3) is 0.368. The summed E-state index contributed by atoms with van der Waals surface area (Å²) in [6, 6.07) is 8.76. The van der Waals surface area contributed by atoms with E-state index in [1.807, 2.05) is 24.3 Å². The number of primary amides is 1. The quantitative estimate of drug-likeness (QED) is 0.887. The molecular weight excluding hydrogens is 357 g/mol. The van der Waals surface area contributed by atoms with Crippen LogP contribution in [0, 0.1) is 12.8 Å². The van der Waals surface area contributed by atoms with Crippen LogP contribution in [0.2, 0.25) is 0 Å². The smallest absolute Gasteiger partial charge is 0.364 e. The van der Waals surface area contributed by atoms with Crippen LogP contribution in [0.3, 0.4) is 0 Å². The van der Waals surface area contributed by atoms with E-state index in [-0.39, 0.29) is 18.2 Å². The largest absolute Gasteiger partial charge is 0.396 e. The Morgan fingerprint density at radius 1 is 1.19 bits per heavy atom. The number of halogens is 3. The van der Waals surface area contributed by atoms with Gasteiger partial charge in [0.2, 0.25) is 0 Å². The van der Waals surface area contributed by atoms with Crippen molar-refractivity contribution >= 4 is 12.1 Å². The molecule has 1 aromatic carbocycles. The van der Waals surface area contributed by atoms with Crippen molar-refractivity contribution in [2.24, 2.45) is 16.6 Å². The third kappa shape index (κ3) is 4.69. The van der Waals surface area contributed by atoms with Gasteiger partial charge in [-0.15, -0.1) is 0 Å². The van der Waals surface area contributed by atoms with Crippen LogP contribution in [-0.2, 0) is 6.42 Å². The van der Waals surface area contributed by atoms with Crippen molar-refractivity contribution in [2.75, 3.05) is 0 Å². The lowest BCUT2D eigenvalue weighted by molar-refractivity contribution is -0.156. The Bertz CT molecular complexity index is 862. The summed E-state index contributed by atoms with van der Waals surface area (Å²) in [6.07, 6.45) is -2.13. The van der Waals surface area contributed by atoms with E-state index in [9.17, 15) is 18.0 Å². The van der Waals surface area contributed by atoms with Crippen molar-refractivity contribution in [2.45, 2.75) is 38.4 Å². The summed E-state index contributed by atoms with van der Waals surface area (Å²) in [5.74, 6) is -1.65. The number of carbonyl (C=O) groups is 1. The first kappa shape index (κ1) is 19.0. The average Bonchev–Trinajstić information content (AvgIpc) is 2.61. The molecular formula is C19H19F3N4O. The van der Waals surface area contributed by atoms with Crippen molar-refractivity contribution in [1.29, 1.82) is 0 Å². The van der Waals surface area contributed by atoms with Gasteiger partial charge < -0.3 is 5.73 Å². The number of amides is 1. The van der Waals surface area contributed by atoms with E-state index in [2.05, 4.69) is 15.0 Å². The molecule has 0 aliphatic carbocycles. The lowest BCUT2D eigenvalue weighted by Crippen LogP contribution is -2.29. The molecule has 0 bridgehead atoms. The third-order valence-corrected chi connectivity index (χ3v) is 4.50. The van der Waals surface area contributed by atoms with Crippen LogP contribution in [-0.4, -0.2) is 34.3 Å². The van der Waals surface area contributed by atoms with Crippen molar-refractivity contribution < 1.29 is 18.0 Å². The van der Waals surface area contributed by atoms with Gasteiger partial charge in [-0.3, -0.25) is 9.79 Å². The van der Waals surface area contributed by atoms with Gasteiger partial charge in [0.15, 0.2) is 5.82 Å². The minimum absolute atomic E-state index is 0.0722. The van der Waals surface area contributed by atoms with Gasteiger partial charge in [-0.2, -0.15) is 13.2 Å². The van der Waals surface area contributed by atoms with Gasteiger partial charge in [0.1, 0.15) is 5.69 Å². The Morgan fingerprint density at radius 3 is 2.44 bits per heavy atom. The van der Waals surface area contributed by atoms with Crippen molar-refractivity contribution in [3.05, 3.63) is 47.3 Å². The number of aryl methyl sites for hydroxylation is 1. The molecule has 0 radical (unpaired) electrons. The number of nitrogens with zero attached hydrogens (tertiary/aromatic N) is 3. The maximum Gasteiger partial charge on any atom is 0.396 e. The van der Waals surface area contributed by atoms with Crippen molar-refractivity contribution in [3.8, 4) is 11.4 Å². The van der Waals surface area contributed by atoms with Gasteiger partial charge in [-0.1, -0.05) is 24.3 Å². The van der Waals surface area contributed by atoms with E-state index in [0.29, 0.717) is 24.4 Å². The molecule has 2 atom stereocenters. The maximum absolute atomic E-state index is 12.7. The third-order valence-electron chi connectivity index (χ3n) is 4.50. The molecule has 2 heterocycles. The van der Waals surface area contributed by atoms with Gasteiger partial charge in [0.25, 0.3) is 5.91 Å². The standard InChI is InChI=1S/C19H19F3N4O/c1-11-8-16(17(23)27)26-18(25-11)13-4-2-12(3-5-13)9-15-7-6-14(10-24-15)19(20,21)22/h2-5,8,10,14-15H,6-7,9H2,1H3,(H2,23,27). The van der Waals surface area contributed by atoms with Crippen LogP contribution in [0.5, 0.6) is 0 Å². The number of aromatic nitrogens is 2. The second-order valence-corrected chi connectivity index (χ2v) is 6.66. The van der Waals surface area contributed by atoms with E-state index in [0.717, 1.165) is 17.3 Å². The first-order valence-corrected chi connectivity index (χ1v) is 8.57. The topological polar surface area (TPSA) is 81.2 Å². The maximum atomic E-state index is 12.7. The molecule has 2 unspecified atom stereocenters. The van der Waals surface area contributed by atoms with Gasteiger partial charge in [-0.05, 0) is 37.8 Å². The molecule has 0 spiro atoms. The highest BCUT2D eigenvalue weighted by Crippen LogP contribution is 2.32. The van der Waals surface area contributed by atoms with E-state index >= 15 is 0 Å². The number of rotatable bonds is 4. The van der Waals surface area contributed by atoms with Crippen molar-refractivity contribution in [1.82, 2.24) is 9.97 Å². The first-order valence-electron chi connectivity index (χ1n) is 8.57. The SMILES string of the molecule is Cc1cc(C(N)=O)nc(-c2ccc(CC3CCC(C(F)(F)F)C=N3)cc2)n1. The molecule has 2 N–H and O–H groups in total. The molecule has 1 aromatic heterocycles. The zero-order chi connectivity index (χ0) is 19.6. The lowest BCUT2D eigenvalue weighted by atomic mass is 9.93. The van der Waals surface area contributed by atoms with Crippen LogP contribution in [0.15, 0.2) is 35.3 Å². The van der Waals surface area contributed by atoms with Crippen LogP contribution in [0.25, 0.3) is 11.4 Å². The highest BCUT2D eigenvalue weighted by Gasteiger charge is 2.39. The number of benzene rings is 1. The molecule has 1 aliphatic heterocycles. The summed E-state index contributed by atoms with van der Waals surface area (Å²) < 4.78 is 38.0. The molecule has 3 rings (SSSR count). The molecule has 1 aliphatic rings. The number of nitrogens with two attached hydrogens (primary N) is 1. The summed E-state index contributed by atoms with van der Waals surface area (Å²) in [7, 11) is 0. The second kappa shape index (κ2) is 7.46. The van der Waals surface area contributed by atoms with Crippen molar-refractivity contribution in [3.63, 3.8) is 0 Å². The minimum Gasteiger partial charge on any atom is -0.364 e. The number of aliphatic imine (C=N–C) groups is 1. The summed E-state index contributed by atoms with van der Waals surface area (Å²) in [5.41, 5.74) is 7.76. The van der Waals surface area contributed by atoms with Crippen LogP contribution >= 0.6 is 0 Å². The predicted octanol–water partition coefficient (Wildman–Crippen LogP) is 3.51. The Labute approximate surface area is 154 Å².